The molecule has 0 bridgehead atoms. The van der Waals surface area contributed by atoms with Crippen LogP contribution in [-0.4, -0.2) is 22.5 Å². The number of halogens is 1. The van der Waals surface area contributed by atoms with Crippen LogP contribution in [0.1, 0.15) is 22.4 Å². The van der Waals surface area contributed by atoms with E-state index in [0.717, 1.165) is 16.8 Å². The summed E-state index contributed by atoms with van der Waals surface area (Å²) >= 11 is 1.42. The molecule has 0 atom stereocenters. The lowest BCUT2D eigenvalue weighted by Gasteiger charge is -2.28. The number of nitriles is 1. The van der Waals surface area contributed by atoms with Crippen LogP contribution in [0.15, 0.2) is 40.9 Å². The molecule has 2 aromatic rings. The van der Waals surface area contributed by atoms with E-state index in [-0.39, 0.29) is 5.82 Å². The van der Waals surface area contributed by atoms with E-state index >= 15 is 0 Å². The van der Waals surface area contributed by atoms with E-state index in [2.05, 4.69) is 22.6 Å². The average molecular weight is 338 g/mol. The van der Waals surface area contributed by atoms with E-state index in [9.17, 15) is 9.65 Å². The monoisotopic (exact) mass is 338 g/mol. The molecule has 0 spiro atoms. The van der Waals surface area contributed by atoms with Gasteiger partial charge in [-0.3, -0.25) is 0 Å². The molecule has 1 aromatic heterocycles. The molecule has 1 aliphatic heterocycles. The number of benzene rings is 1. The number of nitrogens with zero attached hydrogens (tertiary/aromatic N) is 4. The molecule has 0 saturated carbocycles. The highest BCUT2D eigenvalue weighted by molar-refractivity contribution is 7.98. The van der Waals surface area contributed by atoms with Crippen LogP contribution in [0.5, 0.6) is 0 Å². The van der Waals surface area contributed by atoms with Gasteiger partial charge in [0.2, 0.25) is 0 Å². The van der Waals surface area contributed by atoms with E-state index in [1.165, 1.54) is 23.9 Å². The second-order valence-electron chi connectivity index (χ2n) is 5.37. The molecule has 0 unspecified atom stereocenters. The van der Waals surface area contributed by atoms with E-state index in [1.54, 1.807) is 12.4 Å². The van der Waals surface area contributed by atoms with Crippen molar-refractivity contribution in [3.05, 3.63) is 59.0 Å². The number of pyridine rings is 1. The molecule has 120 valence electrons. The minimum absolute atomic E-state index is 0.276. The minimum atomic E-state index is -0.276. The van der Waals surface area contributed by atoms with Crippen LogP contribution in [-0.2, 0) is 6.54 Å². The fourth-order valence-corrected chi connectivity index (χ4v) is 3.27. The fourth-order valence-electron chi connectivity index (χ4n) is 2.69. The van der Waals surface area contributed by atoms with Gasteiger partial charge in [-0.05, 0) is 30.9 Å². The quantitative estimate of drug-likeness (QED) is 0.784. The lowest BCUT2D eigenvalue weighted by Crippen LogP contribution is -2.23. The van der Waals surface area contributed by atoms with E-state index in [4.69, 9.17) is 0 Å². The third kappa shape index (κ3) is 2.79. The Balaban J connectivity index is 2.02. The Hall–Kier alpha value is -2.65. The molecule has 0 saturated heterocycles. The highest BCUT2D eigenvalue weighted by atomic mass is 32.2. The van der Waals surface area contributed by atoms with Crippen LogP contribution in [0.3, 0.4) is 0 Å². The number of aryl methyl sites for hydroxylation is 1. The number of aromatic nitrogens is 1. The first-order valence-corrected chi connectivity index (χ1v) is 8.51. The van der Waals surface area contributed by atoms with Crippen molar-refractivity contribution in [1.29, 1.82) is 5.26 Å². The zero-order valence-corrected chi connectivity index (χ0v) is 14.2. The maximum atomic E-state index is 13.4. The van der Waals surface area contributed by atoms with Gasteiger partial charge < -0.3 is 4.90 Å². The van der Waals surface area contributed by atoms with Gasteiger partial charge in [-0.2, -0.15) is 5.26 Å². The smallest absolute Gasteiger partial charge is 0.123 e. The standard InChI is InChI=1S/C18H15FN4S/c1-11-16-12(2)23(9-13-5-4-6-14(19)7-13)10-21-17(16)15(8-20)18(22-11)24-3/h4-7,10H,2,9H2,1,3H3. The Kier molecular flexibility index (Phi) is 4.36. The summed E-state index contributed by atoms with van der Waals surface area (Å²) in [5.41, 5.74) is 4.14. The first kappa shape index (κ1) is 16.2. The van der Waals surface area contributed by atoms with Gasteiger partial charge in [0.15, 0.2) is 0 Å². The van der Waals surface area contributed by atoms with Gasteiger partial charge in [-0.25, -0.2) is 14.4 Å². The van der Waals surface area contributed by atoms with E-state index in [0.29, 0.717) is 28.5 Å². The normalized spacial score (nSPS) is 12.9. The van der Waals surface area contributed by atoms with Gasteiger partial charge in [0, 0.05) is 17.8 Å². The second-order valence-corrected chi connectivity index (χ2v) is 6.16. The summed E-state index contributed by atoms with van der Waals surface area (Å²) in [7, 11) is 0. The number of rotatable bonds is 3. The Morgan fingerprint density at radius 3 is 2.88 bits per heavy atom. The summed E-state index contributed by atoms with van der Waals surface area (Å²) in [5, 5.41) is 10.1. The number of hydrogen-bond acceptors (Lipinski definition) is 5. The lowest BCUT2D eigenvalue weighted by molar-refractivity contribution is 0.578. The number of hydrogen-bond donors (Lipinski definition) is 0. The number of fused-ring (bicyclic) bond motifs is 1. The van der Waals surface area contributed by atoms with Crippen LogP contribution >= 0.6 is 11.8 Å². The predicted octanol–water partition coefficient (Wildman–Crippen LogP) is 4.27. The summed E-state index contributed by atoms with van der Waals surface area (Å²) in [6.07, 6.45) is 3.52. The molecule has 1 aliphatic rings. The first-order chi connectivity index (χ1) is 11.5. The molecule has 1 aromatic carbocycles. The van der Waals surface area contributed by atoms with Crippen LogP contribution in [0.2, 0.25) is 0 Å². The summed E-state index contributed by atoms with van der Waals surface area (Å²) in [4.78, 5) is 10.8. The first-order valence-electron chi connectivity index (χ1n) is 7.28. The van der Waals surface area contributed by atoms with Crippen molar-refractivity contribution in [2.24, 2.45) is 4.99 Å². The van der Waals surface area contributed by atoms with Gasteiger partial charge in [-0.15, -0.1) is 11.8 Å². The van der Waals surface area contributed by atoms with Crippen molar-refractivity contribution in [3.63, 3.8) is 0 Å². The van der Waals surface area contributed by atoms with Crippen molar-refractivity contribution >= 4 is 29.5 Å². The Morgan fingerprint density at radius 1 is 1.42 bits per heavy atom. The summed E-state index contributed by atoms with van der Waals surface area (Å²) < 4.78 is 13.4. The van der Waals surface area contributed by atoms with Gasteiger partial charge in [0.1, 0.15) is 22.5 Å². The SMILES string of the molecule is C=C1c2c(C)nc(SC)c(C#N)c2N=CN1Cc1cccc(F)c1. The second kappa shape index (κ2) is 6.46. The van der Waals surface area contributed by atoms with Crippen molar-refractivity contribution < 1.29 is 4.39 Å². The molecule has 0 radical (unpaired) electrons. The zero-order valence-electron chi connectivity index (χ0n) is 13.4. The van der Waals surface area contributed by atoms with Gasteiger partial charge in [0.25, 0.3) is 0 Å². The molecule has 4 nitrogen and oxygen atoms in total. The summed E-state index contributed by atoms with van der Waals surface area (Å²) in [6.45, 7) is 6.46. The lowest BCUT2D eigenvalue weighted by atomic mass is 10.0. The molecule has 24 heavy (non-hydrogen) atoms. The van der Waals surface area contributed by atoms with E-state index in [1.807, 2.05) is 24.1 Å². The summed E-state index contributed by atoms with van der Waals surface area (Å²) in [5.74, 6) is -0.276. The van der Waals surface area contributed by atoms with Crippen LogP contribution in [0.25, 0.3) is 5.70 Å². The maximum absolute atomic E-state index is 13.4. The molecule has 0 aliphatic carbocycles. The molecule has 2 heterocycles. The van der Waals surface area contributed by atoms with Gasteiger partial charge >= 0.3 is 0 Å². The highest BCUT2D eigenvalue weighted by Gasteiger charge is 2.24. The van der Waals surface area contributed by atoms with Crippen molar-refractivity contribution in [1.82, 2.24) is 9.88 Å². The van der Waals surface area contributed by atoms with Gasteiger partial charge in [-0.1, -0.05) is 18.7 Å². The largest absolute Gasteiger partial charge is 0.328 e. The maximum Gasteiger partial charge on any atom is 0.123 e. The fraction of sp³-hybridized carbons (Fsp3) is 0.167. The van der Waals surface area contributed by atoms with Crippen molar-refractivity contribution in [2.75, 3.05) is 6.26 Å². The average Bonchev–Trinajstić information content (AvgIpc) is 2.56. The molecule has 0 amide bonds. The van der Waals surface area contributed by atoms with Crippen molar-refractivity contribution in [2.45, 2.75) is 18.5 Å². The molecular weight excluding hydrogens is 323 g/mol. The van der Waals surface area contributed by atoms with Gasteiger partial charge in [0.05, 0.1) is 17.7 Å². The molecule has 3 rings (SSSR count). The number of aliphatic imine (C=N–C) groups is 1. The highest BCUT2D eigenvalue weighted by Crippen LogP contribution is 2.39. The Bertz CT molecular complexity index is 899. The third-order valence-electron chi connectivity index (χ3n) is 3.83. The summed E-state index contributed by atoms with van der Waals surface area (Å²) in [6, 6.07) is 8.61. The van der Waals surface area contributed by atoms with Crippen molar-refractivity contribution in [3.8, 4) is 6.07 Å². The molecule has 6 heteroatoms. The zero-order chi connectivity index (χ0) is 17.3. The van der Waals surface area contributed by atoms with Crippen LogP contribution < -0.4 is 0 Å². The number of thioether (sulfide) groups is 1. The molecular formula is C18H15FN4S. The topological polar surface area (TPSA) is 52.3 Å². The van der Waals surface area contributed by atoms with E-state index < -0.39 is 0 Å². The molecule has 0 fully saturated rings. The minimum Gasteiger partial charge on any atom is -0.328 e. The van der Waals surface area contributed by atoms with Crippen LogP contribution in [0.4, 0.5) is 10.1 Å². The van der Waals surface area contributed by atoms with Crippen LogP contribution in [0, 0.1) is 24.1 Å². The third-order valence-corrected chi connectivity index (χ3v) is 4.51. The Morgan fingerprint density at radius 2 is 2.21 bits per heavy atom. The Labute approximate surface area is 144 Å². The molecule has 0 N–H and O–H groups in total. The predicted molar refractivity (Wildman–Crippen MR) is 94.6 cm³/mol.